The fraction of sp³-hybridized carbons (Fsp3) is 0.450. The van der Waals surface area contributed by atoms with Crippen molar-refractivity contribution in [1.29, 1.82) is 0 Å². The molecule has 2 aromatic rings. The highest BCUT2D eigenvalue weighted by Crippen LogP contribution is 2.30. The standard InChI is InChI=1S/C20H23F3N4O/c1-13-12-17(27-19(24-13)26-15-6-4-2-3-5-7-15)18(28)25-16-10-8-14(9-11-16)20(21,22)23/h8-12,15H,2-7H2,1H3,(H,25,28)(H,24,26,27). The van der Waals surface area contributed by atoms with E-state index in [1.165, 1.54) is 25.0 Å². The number of nitrogens with zero attached hydrogens (tertiary/aromatic N) is 2. The van der Waals surface area contributed by atoms with E-state index < -0.39 is 17.6 Å². The summed E-state index contributed by atoms with van der Waals surface area (Å²) in [4.78, 5) is 21.2. The molecule has 8 heteroatoms. The van der Waals surface area contributed by atoms with Gasteiger partial charge in [0, 0.05) is 17.4 Å². The van der Waals surface area contributed by atoms with Crippen LogP contribution in [0.3, 0.4) is 0 Å². The van der Waals surface area contributed by atoms with Crippen LogP contribution in [-0.4, -0.2) is 21.9 Å². The van der Waals surface area contributed by atoms with Crippen molar-refractivity contribution in [3.8, 4) is 0 Å². The lowest BCUT2D eigenvalue weighted by atomic mass is 10.1. The van der Waals surface area contributed by atoms with E-state index >= 15 is 0 Å². The average molecular weight is 392 g/mol. The highest BCUT2D eigenvalue weighted by Gasteiger charge is 2.30. The second-order valence-corrected chi connectivity index (χ2v) is 7.08. The number of carbonyl (C=O) groups excluding carboxylic acids is 1. The summed E-state index contributed by atoms with van der Waals surface area (Å²) in [6.07, 6.45) is 2.45. The van der Waals surface area contributed by atoms with Gasteiger partial charge in [-0.05, 0) is 50.1 Å². The van der Waals surface area contributed by atoms with Gasteiger partial charge in [0.1, 0.15) is 5.69 Å². The maximum atomic E-state index is 12.6. The van der Waals surface area contributed by atoms with E-state index in [1.807, 2.05) is 0 Å². The second kappa shape index (κ2) is 8.58. The van der Waals surface area contributed by atoms with E-state index in [0.29, 0.717) is 11.6 Å². The molecule has 1 amide bonds. The monoisotopic (exact) mass is 392 g/mol. The Kier molecular flexibility index (Phi) is 6.16. The van der Waals surface area contributed by atoms with Gasteiger partial charge in [-0.2, -0.15) is 13.2 Å². The first-order chi connectivity index (χ1) is 13.3. The molecule has 28 heavy (non-hydrogen) atoms. The molecule has 3 rings (SSSR count). The Labute approximate surface area is 161 Å². The largest absolute Gasteiger partial charge is 0.416 e. The number of rotatable bonds is 4. The summed E-state index contributed by atoms with van der Waals surface area (Å²) >= 11 is 0. The predicted molar refractivity (Wildman–Crippen MR) is 101 cm³/mol. The molecule has 0 saturated heterocycles. The predicted octanol–water partition coefficient (Wildman–Crippen LogP) is 5.19. The summed E-state index contributed by atoms with van der Waals surface area (Å²) in [5.41, 5.74) is 0.318. The van der Waals surface area contributed by atoms with Gasteiger partial charge < -0.3 is 10.6 Å². The normalized spacial score (nSPS) is 15.7. The van der Waals surface area contributed by atoms with Crippen LogP contribution in [0, 0.1) is 6.92 Å². The van der Waals surface area contributed by atoms with Crippen molar-refractivity contribution < 1.29 is 18.0 Å². The van der Waals surface area contributed by atoms with Gasteiger partial charge in [0.25, 0.3) is 5.91 Å². The number of alkyl halides is 3. The first-order valence-corrected chi connectivity index (χ1v) is 9.42. The van der Waals surface area contributed by atoms with E-state index in [4.69, 9.17) is 0 Å². The summed E-state index contributed by atoms with van der Waals surface area (Å²) in [7, 11) is 0. The zero-order chi connectivity index (χ0) is 20.1. The third-order valence-electron chi connectivity index (χ3n) is 4.75. The van der Waals surface area contributed by atoms with Crippen molar-refractivity contribution in [2.75, 3.05) is 10.6 Å². The van der Waals surface area contributed by atoms with E-state index in [2.05, 4.69) is 20.6 Å². The van der Waals surface area contributed by atoms with Crippen LogP contribution < -0.4 is 10.6 Å². The number of aryl methyl sites for hydroxylation is 1. The van der Waals surface area contributed by atoms with Gasteiger partial charge in [-0.3, -0.25) is 4.79 Å². The van der Waals surface area contributed by atoms with Gasteiger partial charge in [0.2, 0.25) is 5.95 Å². The number of benzene rings is 1. The number of amides is 1. The summed E-state index contributed by atoms with van der Waals surface area (Å²) < 4.78 is 37.9. The van der Waals surface area contributed by atoms with Crippen LogP contribution in [0.1, 0.15) is 60.3 Å². The van der Waals surface area contributed by atoms with Crippen molar-refractivity contribution in [3.63, 3.8) is 0 Å². The molecule has 150 valence electrons. The number of aromatic nitrogens is 2. The maximum Gasteiger partial charge on any atom is 0.416 e. The van der Waals surface area contributed by atoms with Crippen molar-refractivity contribution >= 4 is 17.5 Å². The fourth-order valence-electron chi connectivity index (χ4n) is 3.29. The minimum absolute atomic E-state index is 0.170. The zero-order valence-corrected chi connectivity index (χ0v) is 15.6. The lowest BCUT2D eigenvalue weighted by molar-refractivity contribution is -0.137. The highest BCUT2D eigenvalue weighted by molar-refractivity contribution is 6.03. The third kappa shape index (κ3) is 5.43. The molecule has 1 saturated carbocycles. The van der Waals surface area contributed by atoms with Crippen molar-refractivity contribution in [2.24, 2.45) is 0 Å². The van der Waals surface area contributed by atoms with Crippen LogP contribution in [0.4, 0.5) is 24.8 Å². The summed E-state index contributed by atoms with van der Waals surface area (Å²) in [6, 6.07) is 6.14. The van der Waals surface area contributed by atoms with Gasteiger partial charge in [-0.15, -0.1) is 0 Å². The fourth-order valence-corrected chi connectivity index (χ4v) is 3.29. The molecule has 0 radical (unpaired) electrons. The molecule has 1 aromatic carbocycles. The topological polar surface area (TPSA) is 66.9 Å². The molecule has 5 nitrogen and oxygen atoms in total. The van der Waals surface area contributed by atoms with Gasteiger partial charge >= 0.3 is 6.18 Å². The minimum Gasteiger partial charge on any atom is -0.351 e. The SMILES string of the molecule is Cc1cc(C(=O)Nc2ccc(C(F)(F)F)cc2)nc(NC2CCCCCC2)n1. The molecule has 0 atom stereocenters. The van der Waals surface area contributed by atoms with E-state index in [1.54, 1.807) is 13.0 Å². The lowest BCUT2D eigenvalue weighted by Crippen LogP contribution is -2.22. The van der Waals surface area contributed by atoms with E-state index in [-0.39, 0.29) is 17.4 Å². The van der Waals surface area contributed by atoms with Gasteiger partial charge in [-0.25, -0.2) is 9.97 Å². The lowest BCUT2D eigenvalue weighted by Gasteiger charge is -2.17. The van der Waals surface area contributed by atoms with Crippen molar-refractivity contribution in [2.45, 2.75) is 57.7 Å². The zero-order valence-electron chi connectivity index (χ0n) is 15.6. The Bertz CT molecular complexity index is 813. The van der Waals surface area contributed by atoms with Gasteiger partial charge in [0.05, 0.1) is 5.56 Å². The molecule has 1 aliphatic carbocycles. The van der Waals surface area contributed by atoms with Crippen molar-refractivity contribution in [3.05, 3.63) is 47.3 Å². The van der Waals surface area contributed by atoms with Crippen molar-refractivity contribution in [1.82, 2.24) is 9.97 Å². The maximum absolute atomic E-state index is 12.6. The first-order valence-electron chi connectivity index (χ1n) is 9.42. The quantitative estimate of drug-likeness (QED) is 0.703. The second-order valence-electron chi connectivity index (χ2n) is 7.08. The molecule has 1 aromatic heterocycles. The van der Waals surface area contributed by atoms with E-state index in [0.717, 1.165) is 37.8 Å². The van der Waals surface area contributed by atoms with Crippen LogP contribution in [0.2, 0.25) is 0 Å². The number of carbonyl (C=O) groups is 1. The number of hydrogen-bond donors (Lipinski definition) is 2. The molecule has 0 aliphatic heterocycles. The molecule has 0 bridgehead atoms. The Balaban J connectivity index is 1.70. The smallest absolute Gasteiger partial charge is 0.351 e. The van der Waals surface area contributed by atoms with Gasteiger partial charge in [0.15, 0.2) is 0 Å². The number of hydrogen-bond acceptors (Lipinski definition) is 4. The molecule has 0 unspecified atom stereocenters. The Morgan fingerprint density at radius 1 is 1.04 bits per heavy atom. The number of halogens is 3. The number of anilines is 2. The van der Waals surface area contributed by atoms with Crippen LogP contribution in [0.15, 0.2) is 30.3 Å². The Hall–Kier alpha value is -2.64. The molecular weight excluding hydrogens is 369 g/mol. The average Bonchev–Trinajstić information content (AvgIpc) is 2.89. The van der Waals surface area contributed by atoms with E-state index in [9.17, 15) is 18.0 Å². The summed E-state index contributed by atoms with van der Waals surface area (Å²) in [6.45, 7) is 1.77. The molecule has 1 heterocycles. The molecule has 0 spiro atoms. The van der Waals surface area contributed by atoms with Crippen LogP contribution in [0.25, 0.3) is 0 Å². The van der Waals surface area contributed by atoms with Gasteiger partial charge in [-0.1, -0.05) is 25.7 Å². The number of nitrogens with one attached hydrogen (secondary N) is 2. The highest BCUT2D eigenvalue weighted by atomic mass is 19.4. The molecule has 1 aliphatic rings. The first kappa shape index (κ1) is 20.1. The third-order valence-corrected chi connectivity index (χ3v) is 4.75. The van der Waals surface area contributed by atoms with Crippen LogP contribution >= 0.6 is 0 Å². The molecule has 2 N–H and O–H groups in total. The minimum atomic E-state index is -4.41. The Morgan fingerprint density at radius 3 is 2.29 bits per heavy atom. The van der Waals surface area contributed by atoms with Crippen LogP contribution in [0.5, 0.6) is 0 Å². The summed E-state index contributed by atoms with van der Waals surface area (Å²) in [5.74, 6) is -0.0846. The molecular formula is C20H23F3N4O. The molecule has 1 fully saturated rings. The Morgan fingerprint density at radius 2 is 1.68 bits per heavy atom. The van der Waals surface area contributed by atoms with Crippen LogP contribution in [-0.2, 0) is 6.18 Å². The summed E-state index contributed by atoms with van der Waals surface area (Å²) in [5, 5.41) is 5.90.